The van der Waals surface area contributed by atoms with Gasteiger partial charge in [0.1, 0.15) is 6.10 Å². The normalized spacial score (nSPS) is 18.2. The molecule has 2 aromatic rings. The first-order valence-corrected chi connectivity index (χ1v) is 7.29. The summed E-state index contributed by atoms with van der Waals surface area (Å²) in [5, 5.41) is 0. The summed E-state index contributed by atoms with van der Waals surface area (Å²) in [6, 6.07) is 3.75. The van der Waals surface area contributed by atoms with Gasteiger partial charge in [-0.25, -0.2) is 0 Å². The van der Waals surface area contributed by atoms with Crippen LogP contribution in [-0.2, 0) is 16.0 Å². The average molecular weight is 298 g/mol. The monoisotopic (exact) mass is 298 g/mol. The van der Waals surface area contributed by atoms with Crippen molar-refractivity contribution in [3.05, 3.63) is 53.9 Å². The number of ether oxygens (including phenoxy) is 1. The van der Waals surface area contributed by atoms with Crippen molar-refractivity contribution in [1.29, 1.82) is 0 Å². The Hall–Kier alpha value is -2.34. The van der Waals surface area contributed by atoms with Gasteiger partial charge in [0, 0.05) is 25.1 Å². The number of rotatable bonds is 3. The summed E-state index contributed by atoms with van der Waals surface area (Å²) >= 11 is 0. The summed E-state index contributed by atoms with van der Waals surface area (Å²) in [5.74, 6) is 0.0846. The highest BCUT2D eigenvalue weighted by molar-refractivity contribution is 5.78. The summed E-state index contributed by atoms with van der Waals surface area (Å²) in [6.07, 6.45) is 7.01. The molecule has 0 unspecified atom stereocenters. The molecule has 1 saturated heterocycles. The van der Waals surface area contributed by atoms with Gasteiger partial charge < -0.3 is 9.64 Å². The van der Waals surface area contributed by atoms with Crippen LogP contribution in [0.25, 0.3) is 0 Å². The molecule has 0 saturated carbocycles. The smallest absolute Gasteiger partial charge is 0.227 e. The highest BCUT2D eigenvalue weighted by Crippen LogP contribution is 2.20. The molecular weight excluding hydrogens is 280 g/mol. The molecule has 0 aromatic carbocycles. The van der Waals surface area contributed by atoms with E-state index in [1.807, 2.05) is 24.0 Å². The molecule has 3 heterocycles. The zero-order chi connectivity index (χ0) is 15.4. The van der Waals surface area contributed by atoms with Crippen LogP contribution in [0, 0.1) is 6.92 Å². The summed E-state index contributed by atoms with van der Waals surface area (Å²) in [6.45, 7) is 3.52. The lowest BCUT2D eigenvalue weighted by Crippen LogP contribution is -2.43. The molecule has 2 aromatic heterocycles. The minimum Gasteiger partial charge on any atom is -0.368 e. The van der Waals surface area contributed by atoms with Crippen molar-refractivity contribution in [3.8, 4) is 0 Å². The summed E-state index contributed by atoms with van der Waals surface area (Å²) in [4.78, 5) is 26.8. The maximum absolute atomic E-state index is 12.4. The molecule has 3 rings (SSSR count). The molecule has 1 amide bonds. The summed E-state index contributed by atoms with van der Waals surface area (Å²) < 4.78 is 5.73. The molecule has 6 nitrogen and oxygen atoms in total. The Morgan fingerprint density at radius 3 is 3.00 bits per heavy atom. The van der Waals surface area contributed by atoms with Gasteiger partial charge in [-0.05, 0) is 18.6 Å². The molecule has 0 spiro atoms. The van der Waals surface area contributed by atoms with Gasteiger partial charge >= 0.3 is 0 Å². The standard InChI is InChI=1S/C16H18N4O2/c1-12-8-19-14(10-18-12)15-11-20(5-6-22-15)16(21)7-13-3-2-4-17-9-13/h2-4,8-10,15H,5-7,11H2,1H3/t15-/m0/s1. The van der Waals surface area contributed by atoms with Crippen LogP contribution >= 0.6 is 0 Å². The van der Waals surface area contributed by atoms with E-state index in [0.29, 0.717) is 26.1 Å². The first-order chi connectivity index (χ1) is 10.7. The Morgan fingerprint density at radius 1 is 1.36 bits per heavy atom. The SMILES string of the molecule is Cc1cnc([C@@H]2CN(C(=O)Cc3cccnc3)CCO2)cn1. The van der Waals surface area contributed by atoms with E-state index in [1.165, 1.54) is 0 Å². The number of carbonyl (C=O) groups is 1. The second kappa shape index (κ2) is 6.62. The van der Waals surface area contributed by atoms with Crippen LogP contribution in [0.5, 0.6) is 0 Å². The first kappa shape index (κ1) is 14.6. The Balaban J connectivity index is 1.65. The largest absolute Gasteiger partial charge is 0.368 e. The van der Waals surface area contributed by atoms with Crippen molar-refractivity contribution in [2.75, 3.05) is 19.7 Å². The van der Waals surface area contributed by atoms with E-state index < -0.39 is 0 Å². The second-order valence-electron chi connectivity index (χ2n) is 5.32. The highest BCUT2D eigenvalue weighted by atomic mass is 16.5. The fourth-order valence-electron chi connectivity index (χ4n) is 2.41. The van der Waals surface area contributed by atoms with Crippen LogP contribution in [0.1, 0.15) is 23.1 Å². The van der Waals surface area contributed by atoms with Crippen LogP contribution in [0.2, 0.25) is 0 Å². The lowest BCUT2D eigenvalue weighted by molar-refractivity contribution is -0.138. The summed E-state index contributed by atoms with van der Waals surface area (Å²) in [5.41, 5.74) is 2.55. The van der Waals surface area contributed by atoms with Crippen molar-refractivity contribution in [3.63, 3.8) is 0 Å². The van der Waals surface area contributed by atoms with Gasteiger partial charge in [-0.1, -0.05) is 6.07 Å². The maximum atomic E-state index is 12.4. The molecule has 22 heavy (non-hydrogen) atoms. The molecule has 0 aliphatic carbocycles. The molecule has 0 N–H and O–H groups in total. The Bertz CT molecular complexity index is 630. The predicted octanol–water partition coefficient (Wildman–Crippen LogP) is 1.32. The van der Waals surface area contributed by atoms with Crippen molar-refractivity contribution in [2.45, 2.75) is 19.4 Å². The number of pyridine rings is 1. The fourth-order valence-corrected chi connectivity index (χ4v) is 2.41. The minimum absolute atomic E-state index is 0.0846. The van der Waals surface area contributed by atoms with Crippen LogP contribution in [0.4, 0.5) is 0 Å². The lowest BCUT2D eigenvalue weighted by atomic mass is 10.1. The number of hydrogen-bond donors (Lipinski definition) is 0. The van der Waals surface area contributed by atoms with Gasteiger partial charge in [0.25, 0.3) is 0 Å². The number of amides is 1. The van der Waals surface area contributed by atoms with Crippen LogP contribution in [0.3, 0.4) is 0 Å². The van der Waals surface area contributed by atoms with E-state index in [0.717, 1.165) is 17.0 Å². The Kier molecular flexibility index (Phi) is 4.39. The first-order valence-electron chi connectivity index (χ1n) is 7.29. The van der Waals surface area contributed by atoms with Gasteiger partial charge in [-0.3, -0.25) is 19.7 Å². The third-order valence-corrected chi connectivity index (χ3v) is 3.63. The number of hydrogen-bond acceptors (Lipinski definition) is 5. The van der Waals surface area contributed by atoms with Crippen LogP contribution in [0.15, 0.2) is 36.9 Å². The number of carbonyl (C=O) groups excluding carboxylic acids is 1. The zero-order valence-corrected chi connectivity index (χ0v) is 12.5. The maximum Gasteiger partial charge on any atom is 0.227 e. The van der Waals surface area contributed by atoms with Gasteiger partial charge in [0.15, 0.2) is 0 Å². The molecule has 0 bridgehead atoms. The van der Waals surface area contributed by atoms with E-state index in [-0.39, 0.29) is 12.0 Å². The lowest BCUT2D eigenvalue weighted by Gasteiger charge is -2.32. The molecule has 1 aliphatic rings. The Labute approximate surface area is 129 Å². The third-order valence-electron chi connectivity index (χ3n) is 3.63. The van der Waals surface area contributed by atoms with E-state index >= 15 is 0 Å². The molecule has 1 atom stereocenters. The van der Waals surface area contributed by atoms with Crippen molar-refractivity contribution < 1.29 is 9.53 Å². The third kappa shape index (κ3) is 3.46. The zero-order valence-electron chi connectivity index (χ0n) is 12.5. The predicted molar refractivity (Wildman–Crippen MR) is 80.0 cm³/mol. The van der Waals surface area contributed by atoms with Crippen molar-refractivity contribution >= 4 is 5.91 Å². The summed E-state index contributed by atoms with van der Waals surface area (Å²) in [7, 11) is 0. The number of aryl methyl sites for hydroxylation is 1. The second-order valence-corrected chi connectivity index (χ2v) is 5.32. The fraction of sp³-hybridized carbons (Fsp3) is 0.375. The number of aromatic nitrogens is 3. The van der Waals surface area contributed by atoms with Gasteiger partial charge in [0.2, 0.25) is 5.91 Å². The highest BCUT2D eigenvalue weighted by Gasteiger charge is 2.26. The Morgan fingerprint density at radius 2 is 2.27 bits per heavy atom. The number of morpholine rings is 1. The van der Waals surface area contributed by atoms with E-state index in [4.69, 9.17) is 4.74 Å². The molecular formula is C16H18N4O2. The quantitative estimate of drug-likeness (QED) is 0.855. The van der Waals surface area contributed by atoms with Gasteiger partial charge in [-0.2, -0.15) is 0 Å². The molecule has 6 heteroatoms. The minimum atomic E-state index is -0.209. The molecule has 114 valence electrons. The van der Waals surface area contributed by atoms with Crippen molar-refractivity contribution in [1.82, 2.24) is 19.9 Å². The van der Waals surface area contributed by atoms with E-state index in [2.05, 4.69) is 15.0 Å². The van der Waals surface area contributed by atoms with Crippen LogP contribution < -0.4 is 0 Å². The van der Waals surface area contributed by atoms with E-state index in [9.17, 15) is 4.79 Å². The average Bonchev–Trinajstić information content (AvgIpc) is 2.56. The number of nitrogens with zero attached hydrogens (tertiary/aromatic N) is 4. The molecule has 0 radical (unpaired) electrons. The van der Waals surface area contributed by atoms with Gasteiger partial charge in [0.05, 0.1) is 37.2 Å². The molecule has 1 aliphatic heterocycles. The van der Waals surface area contributed by atoms with Crippen molar-refractivity contribution in [2.24, 2.45) is 0 Å². The topological polar surface area (TPSA) is 68.2 Å². The van der Waals surface area contributed by atoms with Gasteiger partial charge in [-0.15, -0.1) is 0 Å². The van der Waals surface area contributed by atoms with Crippen LogP contribution in [-0.4, -0.2) is 45.5 Å². The van der Waals surface area contributed by atoms with E-state index in [1.54, 1.807) is 24.8 Å². The molecule has 1 fully saturated rings.